The molecule has 2 aromatic rings. The predicted molar refractivity (Wildman–Crippen MR) is 81.7 cm³/mol. The molecule has 1 aromatic heterocycles. The van der Waals surface area contributed by atoms with Gasteiger partial charge in [-0.15, -0.1) is 0 Å². The summed E-state index contributed by atoms with van der Waals surface area (Å²) in [6, 6.07) is 10.5. The minimum atomic E-state index is -0.238. The van der Waals surface area contributed by atoms with Gasteiger partial charge >= 0.3 is 0 Å². The zero-order chi connectivity index (χ0) is 14.5. The Bertz CT molecular complexity index is 611. The van der Waals surface area contributed by atoms with E-state index < -0.39 is 0 Å². The van der Waals surface area contributed by atoms with Gasteiger partial charge < -0.3 is 5.32 Å². The van der Waals surface area contributed by atoms with Crippen molar-refractivity contribution >= 4 is 40.7 Å². The van der Waals surface area contributed by atoms with Crippen molar-refractivity contribution in [3.63, 3.8) is 0 Å². The van der Waals surface area contributed by atoms with Crippen molar-refractivity contribution in [3.05, 3.63) is 62.9 Å². The number of carbonyl (C=O) groups is 1. The normalized spacial score (nSPS) is 10.3. The van der Waals surface area contributed by atoms with Crippen LogP contribution in [0, 0.1) is 0 Å². The number of hydrogen-bond donors (Lipinski definition) is 1. The maximum atomic E-state index is 11.9. The fourth-order valence-electron chi connectivity index (χ4n) is 1.71. The highest BCUT2D eigenvalue weighted by Crippen LogP contribution is 2.14. The molecule has 0 bridgehead atoms. The Morgan fingerprint density at radius 3 is 2.45 bits per heavy atom. The molecule has 0 saturated heterocycles. The molecule has 1 amide bonds. The second-order valence-corrected chi connectivity index (χ2v) is 5.35. The summed E-state index contributed by atoms with van der Waals surface area (Å²) in [5, 5.41) is 3.86. The van der Waals surface area contributed by atoms with Gasteiger partial charge in [-0.1, -0.05) is 46.9 Å². The van der Waals surface area contributed by atoms with E-state index in [1.54, 1.807) is 0 Å². The number of nitrogens with zero attached hydrogens (tertiary/aromatic N) is 1. The number of benzene rings is 1. The van der Waals surface area contributed by atoms with Crippen molar-refractivity contribution in [2.45, 2.75) is 6.42 Å². The second kappa shape index (κ2) is 6.93. The lowest BCUT2D eigenvalue weighted by molar-refractivity contribution is 0.0954. The van der Waals surface area contributed by atoms with Crippen molar-refractivity contribution in [2.24, 2.45) is 0 Å². The Morgan fingerprint density at radius 1 is 1.10 bits per heavy atom. The minimum absolute atomic E-state index is 0.192. The summed E-state index contributed by atoms with van der Waals surface area (Å²) in [5.74, 6) is -0.238. The van der Waals surface area contributed by atoms with Crippen LogP contribution in [-0.2, 0) is 6.42 Å². The second-order valence-electron chi connectivity index (χ2n) is 4.14. The quantitative estimate of drug-likeness (QED) is 0.861. The monoisotopic (exact) mass is 328 g/mol. The summed E-state index contributed by atoms with van der Waals surface area (Å²) in [6.45, 7) is 0.497. The van der Waals surface area contributed by atoms with E-state index >= 15 is 0 Å². The average Bonchev–Trinajstić information content (AvgIpc) is 2.37. The molecule has 2 rings (SSSR count). The molecule has 0 aliphatic heterocycles. The SMILES string of the molecule is O=C(NCCc1cccc(Cl)c1)c1cc(Cl)nc(Cl)c1. The first-order valence-corrected chi connectivity index (χ1v) is 7.04. The lowest BCUT2D eigenvalue weighted by atomic mass is 10.1. The number of pyridine rings is 1. The van der Waals surface area contributed by atoms with Gasteiger partial charge in [-0.05, 0) is 36.2 Å². The van der Waals surface area contributed by atoms with Gasteiger partial charge in [0.05, 0.1) is 0 Å². The Morgan fingerprint density at radius 2 is 1.80 bits per heavy atom. The van der Waals surface area contributed by atoms with E-state index in [1.165, 1.54) is 12.1 Å². The number of nitrogens with one attached hydrogen (secondary N) is 1. The van der Waals surface area contributed by atoms with Crippen molar-refractivity contribution in [1.29, 1.82) is 0 Å². The maximum absolute atomic E-state index is 11.9. The molecule has 0 atom stereocenters. The van der Waals surface area contributed by atoms with Gasteiger partial charge in [-0.2, -0.15) is 0 Å². The van der Waals surface area contributed by atoms with Crippen LogP contribution in [0.25, 0.3) is 0 Å². The first-order chi connectivity index (χ1) is 9.54. The minimum Gasteiger partial charge on any atom is -0.352 e. The number of aromatic nitrogens is 1. The summed E-state index contributed by atoms with van der Waals surface area (Å²) >= 11 is 17.4. The van der Waals surface area contributed by atoms with E-state index in [1.807, 2.05) is 24.3 Å². The molecule has 1 N–H and O–H groups in total. The summed E-state index contributed by atoms with van der Waals surface area (Å²) < 4.78 is 0. The van der Waals surface area contributed by atoms with Crippen LogP contribution in [0.15, 0.2) is 36.4 Å². The third-order valence-electron chi connectivity index (χ3n) is 2.61. The lowest BCUT2D eigenvalue weighted by Crippen LogP contribution is -2.25. The molecule has 0 unspecified atom stereocenters. The highest BCUT2D eigenvalue weighted by Gasteiger charge is 2.08. The Labute approximate surface area is 131 Å². The van der Waals surface area contributed by atoms with Gasteiger partial charge in [0.15, 0.2) is 0 Å². The Hall–Kier alpha value is -1.29. The number of rotatable bonds is 4. The first-order valence-electron chi connectivity index (χ1n) is 5.90. The molecule has 0 aliphatic carbocycles. The van der Waals surface area contributed by atoms with Gasteiger partial charge in [0.1, 0.15) is 10.3 Å². The molecule has 20 heavy (non-hydrogen) atoms. The van der Waals surface area contributed by atoms with Crippen molar-refractivity contribution in [3.8, 4) is 0 Å². The van der Waals surface area contributed by atoms with Crippen molar-refractivity contribution < 1.29 is 4.79 Å². The highest BCUT2D eigenvalue weighted by atomic mass is 35.5. The molecular formula is C14H11Cl3N2O. The van der Waals surface area contributed by atoms with E-state index in [0.717, 1.165) is 5.56 Å². The molecule has 0 saturated carbocycles. The van der Waals surface area contributed by atoms with E-state index in [0.29, 0.717) is 23.6 Å². The maximum Gasteiger partial charge on any atom is 0.251 e. The van der Waals surface area contributed by atoms with Gasteiger partial charge in [0.25, 0.3) is 5.91 Å². The van der Waals surface area contributed by atoms with Gasteiger partial charge in [0, 0.05) is 17.1 Å². The summed E-state index contributed by atoms with van der Waals surface area (Å²) in [4.78, 5) is 15.7. The predicted octanol–water partition coefficient (Wildman–Crippen LogP) is 4.01. The zero-order valence-electron chi connectivity index (χ0n) is 10.4. The molecule has 1 aromatic carbocycles. The van der Waals surface area contributed by atoms with Crippen LogP contribution < -0.4 is 5.32 Å². The number of halogens is 3. The van der Waals surface area contributed by atoms with E-state index in [-0.39, 0.29) is 16.2 Å². The Kier molecular flexibility index (Phi) is 5.24. The summed E-state index contributed by atoms with van der Waals surface area (Å²) in [5.41, 5.74) is 1.45. The van der Waals surface area contributed by atoms with E-state index in [4.69, 9.17) is 34.8 Å². The number of carbonyl (C=O) groups excluding carboxylic acids is 1. The van der Waals surface area contributed by atoms with Gasteiger partial charge in [0.2, 0.25) is 0 Å². The molecule has 0 aliphatic rings. The van der Waals surface area contributed by atoms with E-state index in [2.05, 4.69) is 10.3 Å². The third-order valence-corrected chi connectivity index (χ3v) is 3.24. The average molecular weight is 330 g/mol. The number of hydrogen-bond acceptors (Lipinski definition) is 2. The molecule has 6 heteroatoms. The summed E-state index contributed by atoms with van der Waals surface area (Å²) in [6.07, 6.45) is 0.693. The number of amides is 1. The van der Waals surface area contributed by atoms with Crippen LogP contribution in [0.2, 0.25) is 15.3 Å². The fraction of sp³-hybridized carbons (Fsp3) is 0.143. The third kappa shape index (κ3) is 4.37. The van der Waals surface area contributed by atoms with Crippen LogP contribution in [0.5, 0.6) is 0 Å². The topological polar surface area (TPSA) is 42.0 Å². The van der Waals surface area contributed by atoms with Crippen molar-refractivity contribution in [1.82, 2.24) is 10.3 Å². The van der Waals surface area contributed by atoms with Gasteiger partial charge in [-0.3, -0.25) is 4.79 Å². The molecule has 0 radical (unpaired) electrons. The molecule has 104 valence electrons. The molecule has 0 fully saturated rings. The smallest absolute Gasteiger partial charge is 0.251 e. The molecule has 1 heterocycles. The standard InChI is InChI=1S/C14H11Cl3N2O/c15-11-3-1-2-9(6-11)4-5-18-14(20)10-7-12(16)19-13(17)8-10/h1-3,6-8H,4-5H2,(H,18,20). The molecular weight excluding hydrogens is 319 g/mol. The van der Waals surface area contributed by atoms with Crippen LogP contribution in [0.1, 0.15) is 15.9 Å². The molecule has 3 nitrogen and oxygen atoms in total. The largest absolute Gasteiger partial charge is 0.352 e. The van der Waals surface area contributed by atoms with Crippen LogP contribution in [-0.4, -0.2) is 17.4 Å². The first kappa shape index (κ1) is 15.1. The molecule has 0 spiro atoms. The van der Waals surface area contributed by atoms with Crippen LogP contribution in [0.4, 0.5) is 0 Å². The summed E-state index contributed by atoms with van der Waals surface area (Å²) in [7, 11) is 0. The fourth-order valence-corrected chi connectivity index (χ4v) is 2.38. The zero-order valence-corrected chi connectivity index (χ0v) is 12.6. The van der Waals surface area contributed by atoms with Crippen LogP contribution >= 0.6 is 34.8 Å². The van der Waals surface area contributed by atoms with Gasteiger partial charge in [-0.25, -0.2) is 4.98 Å². The highest BCUT2D eigenvalue weighted by molar-refractivity contribution is 6.33. The van der Waals surface area contributed by atoms with Crippen LogP contribution in [0.3, 0.4) is 0 Å². The van der Waals surface area contributed by atoms with Crippen molar-refractivity contribution in [2.75, 3.05) is 6.54 Å². The Balaban J connectivity index is 1.92. The lowest BCUT2D eigenvalue weighted by Gasteiger charge is -2.06. The van der Waals surface area contributed by atoms with E-state index in [9.17, 15) is 4.79 Å².